The van der Waals surface area contributed by atoms with Crippen molar-refractivity contribution in [3.8, 4) is 11.6 Å². The van der Waals surface area contributed by atoms with Crippen molar-refractivity contribution in [1.82, 2.24) is 29.5 Å². The molecular formula is C35H48N6Pt. The van der Waals surface area contributed by atoms with E-state index in [0.717, 1.165) is 47.3 Å². The largest absolute Gasteiger partial charge is 2.00 e. The number of hydrogen-bond donors (Lipinski definition) is 0. The maximum Gasteiger partial charge on any atom is 2.00 e. The van der Waals surface area contributed by atoms with E-state index in [1.54, 1.807) is 9.36 Å². The molecule has 0 saturated heterocycles. The van der Waals surface area contributed by atoms with Crippen LogP contribution < -0.4 is 0 Å². The van der Waals surface area contributed by atoms with E-state index in [-0.39, 0.29) is 31.9 Å². The minimum Gasteiger partial charge on any atom is -0.343 e. The molecule has 0 fully saturated rings. The van der Waals surface area contributed by atoms with Crippen molar-refractivity contribution in [2.45, 2.75) is 124 Å². The topological polar surface area (TPSA) is 61.4 Å². The van der Waals surface area contributed by atoms with Crippen LogP contribution in [0.15, 0.2) is 36.4 Å². The van der Waals surface area contributed by atoms with Gasteiger partial charge in [0.05, 0.1) is 11.6 Å². The van der Waals surface area contributed by atoms with E-state index < -0.39 is 5.41 Å². The minimum atomic E-state index is -0.476. The molecule has 0 amide bonds. The van der Waals surface area contributed by atoms with E-state index >= 15 is 0 Å². The number of pyridine rings is 2. The minimum absolute atomic E-state index is 0. The molecule has 0 aliphatic rings. The first kappa shape index (κ1) is 33.9. The molecule has 0 aliphatic carbocycles. The Morgan fingerprint density at radius 3 is 1.26 bits per heavy atom. The normalized spacial score (nSPS) is 14.0. The van der Waals surface area contributed by atoms with Gasteiger partial charge in [-0.25, -0.2) is 0 Å². The van der Waals surface area contributed by atoms with Gasteiger partial charge in [-0.2, -0.15) is 0 Å². The Balaban J connectivity index is 0.00000484. The molecule has 0 aromatic carbocycles. The maximum absolute atomic E-state index is 5.20. The summed E-state index contributed by atoms with van der Waals surface area (Å²) in [5, 5.41) is 9.73. The van der Waals surface area contributed by atoms with Crippen molar-refractivity contribution < 1.29 is 21.1 Å². The van der Waals surface area contributed by atoms with Crippen LogP contribution in [0.1, 0.15) is 142 Å². The van der Waals surface area contributed by atoms with Gasteiger partial charge in [0.15, 0.2) is 0 Å². The van der Waals surface area contributed by atoms with Crippen LogP contribution in [0.5, 0.6) is 0 Å². The quantitative estimate of drug-likeness (QED) is 0.170. The fourth-order valence-electron chi connectivity index (χ4n) is 4.65. The molecule has 0 bridgehead atoms. The van der Waals surface area contributed by atoms with Gasteiger partial charge in [0, 0.05) is 16.8 Å². The molecule has 228 valence electrons. The van der Waals surface area contributed by atoms with Crippen LogP contribution in [-0.2, 0) is 37.3 Å². The second kappa shape index (κ2) is 12.6. The Hall–Kier alpha value is -2.59. The fourth-order valence-corrected chi connectivity index (χ4v) is 4.65. The predicted molar refractivity (Wildman–Crippen MR) is 167 cm³/mol. The zero-order valence-electron chi connectivity index (χ0n) is 27.5. The van der Waals surface area contributed by atoms with Crippen LogP contribution in [0.25, 0.3) is 11.6 Å². The van der Waals surface area contributed by atoms with Crippen molar-refractivity contribution in [3.63, 3.8) is 0 Å². The van der Waals surface area contributed by atoms with Crippen LogP contribution >= 0.6 is 0 Å². The molecule has 0 aliphatic heterocycles. The standard InChI is InChI=1S/C35H48N6.Pt/c1-13-23(3)25-19-29(36-31(21-25)40-17-15-27(38-40)33(5,6)7)35(11,12)30-20-26(24(4)14-2)22-32(37-30)41-18-16-28(39-41)34(8,9)10;/h15-16,19-24H,13-14H2,1-12H3;/q-2;+2. The molecular weight excluding hydrogens is 700 g/mol. The molecule has 4 aromatic heterocycles. The van der Waals surface area contributed by atoms with E-state index in [2.05, 4.69) is 120 Å². The first-order valence-corrected chi connectivity index (χ1v) is 15.1. The molecule has 4 rings (SSSR count). The van der Waals surface area contributed by atoms with Gasteiger partial charge in [-0.15, -0.1) is 12.1 Å². The van der Waals surface area contributed by atoms with Crippen LogP contribution in [0.3, 0.4) is 0 Å². The van der Waals surface area contributed by atoms with Crippen molar-refractivity contribution in [2.24, 2.45) is 0 Å². The first-order chi connectivity index (χ1) is 19.0. The fraction of sp³-hybridized carbons (Fsp3) is 0.543. The van der Waals surface area contributed by atoms with Gasteiger partial charge in [-0.1, -0.05) is 105 Å². The van der Waals surface area contributed by atoms with Gasteiger partial charge in [0.25, 0.3) is 0 Å². The molecule has 7 heteroatoms. The molecule has 0 spiro atoms. The molecule has 0 saturated carbocycles. The predicted octanol–water partition coefficient (Wildman–Crippen LogP) is 8.39. The maximum atomic E-state index is 5.20. The Labute approximate surface area is 268 Å². The Bertz CT molecular complexity index is 1390. The van der Waals surface area contributed by atoms with Crippen LogP contribution in [0.4, 0.5) is 0 Å². The molecule has 4 heterocycles. The Morgan fingerprint density at radius 1 is 0.619 bits per heavy atom. The van der Waals surface area contributed by atoms with E-state index in [4.69, 9.17) is 20.2 Å². The number of hydrogen-bond acceptors (Lipinski definition) is 4. The van der Waals surface area contributed by atoms with Crippen molar-refractivity contribution in [2.75, 3.05) is 0 Å². The molecule has 4 aromatic rings. The van der Waals surface area contributed by atoms with Crippen LogP contribution in [-0.4, -0.2) is 29.5 Å². The Morgan fingerprint density at radius 2 is 0.976 bits per heavy atom. The second-order valence-corrected chi connectivity index (χ2v) is 14.2. The van der Waals surface area contributed by atoms with Crippen molar-refractivity contribution in [1.29, 1.82) is 0 Å². The molecule has 0 radical (unpaired) electrons. The summed E-state index contributed by atoms with van der Waals surface area (Å²) >= 11 is 0. The van der Waals surface area contributed by atoms with Gasteiger partial charge >= 0.3 is 21.1 Å². The average Bonchev–Trinajstić information content (AvgIpc) is 3.62. The van der Waals surface area contributed by atoms with Gasteiger partial charge in [0.1, 0.15) is 0 Å². The summed E-state index contributed by atoms with van der Waals surface area (Å²) < 4.78 is 3.60. The summed E-state index contributed by atoms with van der Waals surface area (Å²) in [6.07, 6.45) is 8.72. The smallest absolute Gasteiger partial charge is 0.343 e. The molecule has 6 nitrogen and oxygen atoms in total. The third kappa shape index (κ3) is 7.13. The monoisotopic (exact) mass is 747 g/mol. The van der Waals surface area contributed by atoms with Gasteiger partial charge in [-0.3, -0.25) is 20.2 Å². The molecule has 0 N–H and O–H groups in total. The summed E-state index contributed by atoms with van der Waals surface area (Å²) in [5.41, 5.74) is 5.80. The summed E-state index contributed by atoms with van der Waals surface area (Å²) in [7, 11) is 0. The first-order valence-electron chi connectivity index (χ1n) is 15.1. The van der Waals surface area contributed by atoms with Gasteiger partial charge in [-0.05, 0) is 72.9 Å². The third-order valence-corrected chi connectivity index (χ3v) is 8.35. The molecule has 2 unspecified atom stereocenters. The number of rotatable bonds is 8. The van der Waals surface area contributed by atoms with E-state index in [0.29, 0.717) is 11.8 Å². The van der Waals surface area contributed by atoms with E-state index in [1.165, 1.54) is 11.1 Å². The number of nitrogens with zero attached hydrogens (tertiary/aromatic N) is 6. The zero-order valence-corrected chi connectivity index (χ0v) is 29.8. The Kier molecular flexibility index (Phi) is 10.1. The summed E-state index contributed by atoms with van der Waals surface area (Å²) in [6, 6.07) is 12.8. The van der Waals surface area contributed by atoms with Gasteiger partial charge in [0.2, 0.25) is 0 Å². The van der Waals surface area contributed by atoms with Crippen molar-refractivity contribution >= 4 is 0 Å². The zero-order chi connectivity index (χ0) is 30.3. The van der Waals surface area contributed by atoms with Crippen molar-refractivity contribution in [3.05, 3.63) is 82.7 Å². The second-order valence-electron chi connectivity index (χ2n) is 14.2. The average molecular weight is 748 g/mol. The summed E-state index contributed by atoms with van der Waals surface area (Å²) in [6.45, 7) is 26.4. The SMILES string of the molecule is CCC(C)c1cc(-n2[c-]cc(C(C)(C)C)n2)nc(C(C)(C)c2cc(C(C)CC)cc(-n3[c-]cc(C(C)(C)C)n3)n2)c1.[Pt+2]. The molecule has 2 atom stereocenters. The van der Waals surface area contributed by atoms with Crippen LogP contribution in [0, 0.1) is 12.4 Å². The summed E-state index contributed by atoms with van der Waals surface area (Å²) in [4.78, 5) is 10.4. The number of aromatic nitrogens is 6. The van der Waals surface area contributed by atoms with Gasteiger partial charge < -0.3 is 9.36 Å². The summed E-state index contributed by atoms with van der Waals surface area (Å²) in [5.74, 6) is 2.34. The third-order valence-electron chi connectivity index (χ3n) is 8.35. The van der Waals surface area contributed by atoms with Crippen LogP contribution in [0.2, 0.25) is 0 Å². The molecule has 42 heavy (non-hydrogen) atoms. The van der Waals surface area contributed by atoms with E-state index in [1.807, 2.05) is 12.1 Å². The van der Waals surface area contributed by atoms with E-state index in [9.17, 15) is 0 Å².